The zero-order chi connectivity index (χ0) is 12.6. The van der Waals surface area contributed by atoms with Gasteiger partial charge in [-0.3, -0.25) is 0 Å². The molecule has 1 aliphatic rings. The van der Waals surface area contributed by atoms with Crippen LogP contribution in [0.2, 0.25) is 0 Å². The van der Waals surface area contributed by atoms with Gasteiger partial charge in [-0.2, -0.15) is 0 Å². The molecule has 1 aromatic carbocycles. The lowest BCUT2D eigenvalue weighted by atomic mass is 9.91. The predicted octanol–water partition coefficient (Wildman–Crippen LogP) is 2.09. The highest BCUT2D eigenvalue weighted by Gasteiger charge is 2.27. The van der Waals surface area contributed by atoms with Crippen molar-refractivity contribution in [3.63, 3.8) is 0 Å². The van der Waals surface area contributed by atoms with Crippen LogP contribution in [0.15, 0.2) is 12.1 Å². The first kappa shape index (κ1) is 11.7. The van der Waals surface area contributed by atoms with Crippen LogP contribution in [-0.4, -0.2) is 24.2 Å². The van der Waals surface area contributed by atoms with Crippen molar-refractivity contribution < 1.29 is 14.3 Å². The summed E-state index contributed by atoms with van der Waals surface area (Å²) in [6.07, 6.45) is 3.22. The maximum absolute atomic E-state index is 13.3. The molecule has 2 rings (SSSR count). The Hall–Kier alpha value is -1.78. The number of carboxylic acid groups (broad SMARTS) is 1. The van der Waals surface area contributed by atoms with E-state index < -0.39 is 11.8 Å². The number of anilines is 2. The molecule has 0 radical (unpaired) electrons. The molecule has 17 heavy (non-hydrogen) atoms. The molecule has 0 unspecified atom stereocenters. The topological polar surface area (TPSA) is 66.6 Å². The highest BCUT2D eigenvalue weighted by Crippen LogP contribution is 2.33. The minimum absolute atomic E-state index is 0.139. The quantitative estimate of drug-likeness (QED) is 0.791. The molecule has 5 heteroatoms. The monoisotopic (exact) mass is 238 g/mol. The van der Waals surface area contributed by atoms with Gasteiger partial charge in [0.2, 0.25) is 0 Å². The van der Waals surface area contributed by atoms with E-state index in [9.17, 15) is 9.18 Å². The molecular formula is C12H15FN2O2. The molecule has 0 heterocycles. The Morgan fingerprint density at radius 1 is 1.53 bits per heavy atom. The molecule has 0 atom stereocenters. The average molecular weight is 238 g/mol. The molecule has 4 nitrogen and oxygen atoms in total. The third-order valence-electron chi connectivity index (χ3n) is 3.39. The van der Waals surface area contributed by atoms with Crippen molar-refractivity contribution in [2.75, 3.05) is 17.7 Å². The molecule has 1 fully saturated rings. The second kappa shape index (κ2) is 4.24. The second-order valence-electron chi connectivity index (χ2n) is 4.36. The van der Waals surface area contributed by atoms with Gasteiger partial charge < -0.3 is 15.7 Å². The van der Waals surface area contributed by atoms with Gasteiger partial charge in [0.15, 0.2) is 0 Å². The standard InChI is InChI=1S/C12H15FN2O2/c1-15(7-3-2-4-7)9-6-5-8(13)11(14)10(9)12(16)17/h5-7H,2-4,14H2,1H3,(H,16,17). The second-order valence-corrected chi connectivity index (χ2v) is 4.36. The van der Waals surface area contributed by atoms with Crippen molar-refractivity contribution >= 4 is 17.3 Å². The van der Waals surface area contributed by atoms with Crippen LogP contribution < -0.4 is 10.6 Å². The third kappa shape index (κ3) is 1.92. The van der Waals surface area contributed by atoms with E-state index in [2.05, 4.69) is 0 Å². The number of rotatable bonds is 3. The van der Waals surface area contributed by atoms with Crippen molar-refractivity contribution in [1.29, 1.82) is 0 Å². The molecule has 3 N–H and O–H groups in total. The number of nitrogens with zero attached hydrogens (tertiary/aromatic N) is 1. The number of carbonyl (C=O) groups is 1. The van der Waals surface area contributed by atoms with E-state index in [1.807, 2.05) is 11.9 Å². The third-order valence-corrected chi connectivity index (χ3v) is 3.39. The van der Waals surface area contributed by atoms with Gasteiger partial charge >= 0.3 is 5.97 Å². The number of nitrogen functional groups attached to an aromatic ring is 1. The van der Waals surface area contributed by atoms with Crippen molar-refractivity contribution in [1.82, 2.24) is 0 Å². The molecule has 0 aromatic heterocycles. The van der Waals surface area contributed by atoms with Crippen LogP contribution in [0.3, 0.4) is 0 Å². The van der Waals surface area contributed by atoms with Crippen LogP contribution in [0.25, 0.3) is 0 Å². The Morgan fingerprint density at radius 3 is 2.65 bits per heavy atom. The molecule has 0 amide bonds. The molecule has 1 aromatic rings. The summed E-state index contributed by atoms with van der Waals surface area (Å²) in [5.41, 5.74) is 5.56. The normalized spacial score (nSPS) is 15.4. The van der Waals surface area contributed by atoms with E-state index in [0.717, 1.165) is 19.3 Å². The summed E-state index contributed by atoms with van der Waals surface area (Å²) in [5.74, 6) is -1.88. The maximum atomic E-state index is 13.3. The molecule has 92 valence electrons. The van der Waals surface area contributed by atoms with E-state index in [0.29, 0.717) is 11.7 Å². The van der Waals surface area contributed by atoms with Gasteiger partial charge in [-0.25, -0.2) is 9.18 Å². The van der Waals surface area contributed by atoms with Gasteiger partial charge in [-0.15, -0.1) is 0 Å². The first-order valence-electron chi connectivity index (χ1n) is 5.56. The number of carboxylic acids is 1. The summed E-state index contributed by atoms with van der Waals surface area (Å²) >= 11 is 0. The molecule has 0 bridgehead atoms. The van der Waals surface area contributed by atoms with Gasteiger partial charge in [0.05, 0.1) is 11.4 Å². The molecule has 0 saturated heterocycles. The average Bonchev–Trinajstić information content (AvgIpc) is 2.18. The lowest BCUT2D eigenvalue weighted by molar-refractivity contribution is 0.0698. The van der Waals surface area contributed by atoms with Crippen molar-refractivity contribution in [3.05, 3.63) is 23.5 Å². The van der Waals surface area contributed by atoms with Crippen LogP contribution >= 0.6 is 0 Å². The SMILES string of the molecule is CN(c1ccc(F)c(N)c1C(=O)O)C1CCC1. The summed E-state index contributed by atoms with van der Waals surface area (Å²) in [4.78, 5) is 13.0. The largest absolute Gasteiger partial charge is 0.478 e. The fourth-order valence-corrected chi connectivity index (χ4v) is 2.07. The molecule has 1 aliphatic carbocycles. The predicted molar refractivity (Wildman–Crippen MR) is 63.8 cm³/mol. The van der Waals surface area contributed by atoms with E-state index in [4.69, 9.17) is 10.8 Å². The van der Waals surface area contributed by atoms with Crippen LogP contribution in [-0.2, 0) is 0 Å². The van der Waals surface area contributed by atoms with E-state index in [1.165, 1.54) is 12.1 Å². The Bertz CT molecular complexity index is 458. The summed E-state index contributed by atoms with van der Waals surface area (Å²) < 4.78 is 13.3. The molecule has 1 saturated carbocycles. The first-order chi connectivity index (χ1) is 8.02. The number of benzene rings is 1. The number of hydrogen-bond acceptors (Lipinski definition) is 3. The zero-order valence-corrected chi connectivity index (χ0v) is 9.61. The summed E-state index contributed by atoms with van der Waals surface area (Å²) in [6.45, 7) is 0. The van der Waals surface area contributed by atoms with Gasteiger partial charge in [-0.05, 0) is 31.4 Å². The number of aromatic carboxylic acids is 1. The van der Waals surface area contributed by atoms with Crippen LogP contribution in [0.1, 0.15) is 29.6 Å². The van der Waals surface area contributed by atoms with Crippen molar-refractivity contribution in [2.24, 2.45) is 0 Å². The van der Waals surface area contributed by atoms with Gasteiger partial charge in [0.25, 0.3) is 0 Å². The fourth-order valence-electron chi connectivity index (χ4n) is 2.07. The first-order valence-corrected chi connectivity index (χ1v) is 5.56. The molecule has 0 spiro atoms. The Morgan fingerprint density at radius 2 is 2.18 bits per heavy atom. The van der Waals surface area contributed by atoms with Crippen molar-refractivity contribution in [2.45, 2.75) is 25.3 Å². The van der Waals surface area contributed by atoms with Crippen molar-refractivity contribution in [3.8, 4) is 0 Å². The Balaban J connectivity index is 2.45. The summed E-state index contributed by atoms with van der Waals surface area (Å²) in [5, 5.41) is 9.12. The number of hydrogen-bond donors (Lipinski definition) is 2. The number of halogens is 1. The van der Waals surface area contributed by atoms with E-state index in [1.54, 1.807) is 0 Å². The maximum Gasteiger partial charge on any atom is 0.340 e. The minimum atomic E-state index is -1.19. The van der Waals surface area contributed by atoms with Crippen LogP contribution in [0.4, 0.5) is 15.8 Å². The summed E-state index contributed by atoms with van der Waals surface area (Å²) in [6, 6.07) is 3.03. The molecule has 0 aliphatic heterocycles. The van der Waals surface area contributed by atoms with Crippen LogP contribution in [0, 0.1) is 5.82 Å². The number of nitrogens with two attached hydrogens (primary N) is 1. The Kier molecular flexibility index (Phi) is 2.92. The van der Waals surface area contributed by atoms with E-state index >= 15 is 0 Å². The van der Waals surface area contributed by atoms with Gasteiger partial charge in [0, 0.05) is 13.1 Å². The lowest BCUT2D eigenvalue weighted by Gasteiger charge is -2.37. The lowest BCUT2D eigenvalue weighted by Crippen LogP contribution is -2.38. The van der Waals surface area contributed by atoms with E-state index in [-0.39, 0.29) is 11.3 Å². The smallest absolute Gasteiger partial charge is 0.340 e. The fraction of sp³-hybridized carbons (Fsp3) is 0.417. The molecular weight excluding hydrogens is 223 g/mol. The van der Waals surface area contributed by atoms with Gasteiger partial charge in [0.1, 0.15) is 11.4 Å². The minimum Gasteiger partial charge on any atom is -0.478 e. The summed E-state index contributed by atoms with van der Waals surface area (Å²) in [7, 11) is 1.82. The highest BCUT2D eigenvalue weighted by molar-refractivity contribution is 6.00. The zero-order valence-electron chi connectivity index (χ0n) is 9.61. The highest BCUT2D eigenvalue weighted by atomic mass is 19.1. The Labute approximate surface area is 98.8 Å². The van der Waals surface area contributed by atoms with Gasteiger partial charge in [-0.1, -0.05) is 0 Å². The van der Waals surface area contributed by atoms with Crippen LogP contribution in [0.5, 0.6) is 0 Å².